The van der Waals surface area contributed by atoms with E-state index < -0.39 is 0 Å². The van der Waals surface area contributed by atoms with Crippen molar-refractivity contribution in [3.8, 4) is 5.75 Å². The van der Waals surface area contributed by atoms with Crippen LogP contribution < -0.4 is 10.1 Å². The van der Waals surface area contributed by atoms with E-state index in [1.807, 2.05) is 26.0 Å². The summed E-state index contributed by atoms with van der Waals surface area (Å²) in [5, 5.41) is 3.41. The van der Waals surface area contributed by atoms with Crippen LogP contribution in [0.1, 0.15) is 39.2 Å². The van der Waals surface area contributed by atoms with Gasteiger partial charge in [0.2, 0.25) is 0 Å². The highest BCUT2D eigenvalue weighted by Gasteiger charge is 2.14. The van der Waals surface area contributed by atoms with E-state index in [1.54, 1.807) is 0 Å². The Labute approximate surface area is 127 Å². The molecule has 4 nitrogen and oxygen atoms in total. The van der Waals surface area contributed by atoms with Crippen molar-refractivity contribution >= 4 is 5.97 Å². The van der Waals surface area contributed by atoms with Crippen molar-refractivity contribution in [1.82, 2.24) is 5.32 Å². The van der Waals surface area contributed by atoms with Crippen LogP contribution >= 0.6 is 0 Å². The van der Waals surface area contributed by atoms with Gasteiger partial charge >= 0.3 is 5.97 Å². The molecule has 0 saturated carbocycles. The summed E-state index contributed by atoms with van der Waals surface area (Å²) in [7, 11) is 0. The normalized spacial score (nSPS) is 12.0. The highest BCUT2D eigenvalue weighted by Crippen LogP contribution is 2.14. The Bertz CT molecular complexity index is 403. The standard InChI is InChI=1S/C17H27NO3/c1-4-11-18-15(13-17(19)21-6-3)12-14-7-9-16(10-8-14)20-5-2/h7-10,15,18H,4-6,11-13H2,1-3H3. The van der Waals surface area contributed by atoms with E-state index in [0.29, 0.717) is 19.6 Å². The zero-order chi connectivity index (χ0) is 15.5. The largest absolute Gasteiger partial charge is 0.494 e. The molecule has 0 fully saturated rings. The molecule has 1 unspecified atom stereocenters. The van der Waals surface area contributed by atoms with Gasteiger partial charge in [-0.3, -0.25) is 4.79 Å². The van der Waals surface area contributed by atoms with Gasteiger partial charge in [-0.15, -0.1) is 0 Å². The van der Waals surface area contributed by atoms with Crippen LogP contribution in [0.25, 0.3) is 0 Å². The highest BCUT2D eigenvalue weighted by atomic mass is 16.5. The summed E-state index contributed by atoms with van der Waals surface area (Å²) in [4.78, 5) is 11.7. The van der Waals surface area contributed by atoms with Crippen molar-refractivity contribution in [3.63, 3.8) is 0 Å². The van der Waals surface area contributed by atoms with Crippen LogP contribution in [0.2, 0.25) is 0 Å². The number of hydrogen-bond donors (Lipinski definition) is 1. The Morgan fingerprint density at radius 2 is 1.86 bits per heavy atom. The first-order valence-corrected chi connectivity index (χ1v) is 7.80. The summed E-state index contributed by atoms with van der Waals surface area (Å²) in [6.07, 6.45) is 2.26. The number of rotatable bonds is 10. The third kappa shape index (κ3) is 7.14. The maximum Gasteiger partial charge on any atom is 0.307 e. The molecule has 0 spiro atoms. The summed E-state index contributed by atoms with van der Waals surface area (Å²) in [6, 6.07) is 8.16. The first-order chi connectivity index (χ1) is 10.2. The lowest BCUT2D eigenvalue weighted by molar-refractivity contribution is -0.143. The third-order valence-corrected chi connectivity index (χ3v) is 3.12. The van der Waals surface area contributed by atoms with Crippen LogP contribution in [0.5, 0.6) is 5.75 Å². The second kappa shape index (κ2) is 10.2. The first kappa shape index (κ1) is 17.5. The molecular weight excluding hydrogens is 266 g/mol. The van der Waals surface area contributed by atoms with Crippen molar-refractivity contribution in [2.45, 2.75) is 46.1 Å². The zero-order valence-electron chi connectivity index (χ0n) is 13.4. The van der Waals surface area contributed by atoms with Crippen molar-refractivity contribution < 1.29 is 14.3 Å². The average Bonchev–Trinajstić information content (AvgIpc) is 2.47. The molecule has 4 heteroatoms. The SMILES string of the molecule is CCCNC(CC(=O)OCC)Cc1ccc(OCC)cc1. The molecule has 1 aromatic rings. The smallest absolute Gasteiger partial charge is 0.307 e. The van der Waals surface area contributed by atoms with Gasteiger partial charge in [-0.25, -0.2) is 0 Å². The molecule has 1 aromatic carbocycles. The lowest BCUT2D eigenvalue weighted by atomic mass is 10.0. The molecule has 0 aromatic heterocycles. The fourth-order valence-corrected chi connectivity index (χ4v) is 2.16. The summed E-state index contributed by atoms with van der Waals surface area (Å²) in [5.74, 6) is 0.738. The number of carbonyl (C=O) groups excluding carboxylic acids is 1. The van der Waals surface area contributed by atoms with Gasteiger partial charge in [0, 0.05) is 6.04 Å². The van der Waals surface area contributed by atoms with E-state index in [0.717, 1.165) is 25.1 Å². The van der Waals surface area contributed by atoms with Gasteiger partial charge in [-0.05, 0) is 50.9 Å². The predicted molar refractivity (Wildman–Crippen MR) is 84.6 cm³/mol. The molecule has 1 atom stereocenters. The van der Waals surface area contributed by atoms with Gasteiger partial charge in [0.05, 0.1) is 19.6 Å². The van der Waals surface area contributed by atoms with Crippen LogP contribution in [-0.2, 0) is 16.0 Å². The van der Waals surface area contributed by atoms with Crippen molar-refractivity contribution in [2.75, 3.05) is 19.8 Å². The molecule has 0 heterocycles. The molecule has 0 aliphatic heterocycles. The highest BCUT2D eigenvalue weighted by molar-refractivity contribution is 5.70. The van der Waals surface area contributed by atoms with E-state index in [2.05, 4.69) is 24.4 Å². The molecule has 0 bridgehead atoms. The van der Waals surface area contributed by atoms with E-state index in [-0.39, 0.29) is 12.0 Å². The van der Waals surface area contributed by atoms with Gasteiger partial charge in [0.1, 0.15) is 5.75 Å². The minimum Gasteiger partial charge on any atom is -0.494 e. The monoisotopic (exact) mass is 293 g/mol. The second-order valence-electron chi connectivity index (χ2n) is 4.94. The molecule has 0 amide bonds. The Hall–Kier alpha value is -1.55. The minimum atomic E-state index is -0.142. The van der Waals surface area contributed by atoms with E-state index >= 15 is 0 Å². The third-order valence-electron chi connectivity index (χ3n) is 3.12. The van der Waals surface area contributed by atoms with Gasteiger partial charge in [-0.1, -0.05) is 19.1 Å². The predicted octanol–water partition coefficient (Wildman–Crippen LogP) is 2.95. The van der Waals surface area contributed by atoms with Crippen LogP contribution in [0.15, 0.2) is 24.3 Å². The van der Waals surface area contributed by atoms with Crippen LogP contribution in [-0.4, -0.2) is 31.8 Å². The number of esters is 1. The fraction of sp³-hybridized carbons (Fsp3) is 0.588. The zero-order valence-corrected chi connectivity index (χ0v) is 13.4. The summed E-state index contributed by atoms with van der Waals surface area (Å²) >= 11 is 0. The van der Waals surface area contributed by atoms with E-state index in [1.165, 1.54) is 5.56 Å². The molecule has 1 N–H and O–H groups in total. The van der Waals surface area contributed by atoms with Gasteiger partial charge < -0.3 is 14.8 Å². The number of hydrogen-bond acceptors (Lipinski definition) is 4. The van der Waals surface area contributed by atoms with Gasteiger partial charge in [-0.2, -0.15) is 0 Å². The maximum atomic E-state index is 11.7. The fourth-order valence-electron chi connectivity index (χ4n) is 2.16. The topological polar surface area (TPSA) is 47.6 Å². The van der Waals surface area contributed by atoms with Crippen LogP contribution in [0.3, 0.4) is 0 Å². The van der Waals surface area contributed by atoms with Crippen molar-refractivity contribution in [1.29, 1.82) is 0 Å². The summed E-state index contributed by atoms with van der Waals surface area (Å²) < 4.78 is 10.5. The molecular formula is C17H27NO3. The average molecular weight is 293 g/mol. The molecule has 1 rings (SSSR count). The molecule has 0 aliphatic carbocycles. The van der Waals surface area contributed by atoms with Crippen molar-refractivity contribution in [2.24, 2.45) is 0 Å². The molecule has 0 radical (unpaired) electrons. The second-order valence-corrected chi connectivity index (χ2v) is 4.94. The number of ether oxygens (including phenoxy) is 2. The lowest BCUT2D eigenvalue weighted by Crippen LogP contribution is -2.34. The Morgan fingerprint density at radius 3 is 2.43 bits per heavy atom. The van der Waals surface area contributed by atoms with Crippen molar-refractivity contribution in [3.05, 3.63) is 29.8 Å². The van der Waals surface area contributed by atoms with E-state index in [9.17, 15) is 4.79 Å². The lowest BCUT2D eigenvalue weighted by Gasteiger charge is -2.18. The maximum absolute atomic E-state index is 11.7. The first-order valence-electron chi connectivity index (χ1n) is 7.80. The minimum absolute atomic E-state index is 0.113. The Morgan fingerprint density at radius 1 is 1.14 bits per heavy atom. The Kier molecular flexibility index (Phi) is 8.51. The molecule has 0 aliphatic rings. The molecule has 21 heavy (non-hydrogen) atoms. The number of benzene rings is 1. The number of carbonyl (C=O) groups is 1. The van der Waals surface area contributed by atoms with Crippen LogP contribution in [0.4, 0.5) is 0 Å². The number of nitrogens with one attached hydrogen (secondary N) is 1. The molecule has 118 valence electrons. The molecule has 0 saturated heterocycles. The van der Waals surface area contributed by atoms with Crippen LogP contribution in [0, 0.1) is 0 Å². The van der Waals surface area contributed by atoms with E-state index in [4.69, 9.17) is 9.47 Å². The van der Waals surface area contributed by atoms with Gasteiger partial charge in [0.25, 0.3) is 0 Å². The summed E-state index contributed by atoms with van der Waals surface area (Å²) in [6.45, 7) is 7.93. The Balaban J connectivity index is 2.59. The van der Waals surface area contributed by atoms with Gasteiger partial charge in [0.15, 0.2) is 0 Å². The quantitative estimate of drug-likeness (QED) is 0.674. The summed E-state index contributed by atoms with van der Waals surface area (Å²) in [5.41, 5.74) is 1.19.